The molecule has 176 valence electrons. The molecule has 0 aromatic heterocycles. The van der Waals surface area contributed by atoms with Gasteiger partial charge in [0.15, 0.2) is 0 Å². The molecule has 0 saturated heterocycles. The summed E-state index contributed by atoms with van der Waals surface area (Å²) in [4.78, 5) is 0. The van der Waals surface area contributed by atoms with Gasteiger partial charge in [-0.05, 0) is 73.7 Å². The molecule has 3 atom stereocenters. The first kappa shape index (κ1) is 26.4. The van der Waals surface area contributed by atoms with Crippen molar-refractivity contribution >= 4 is 22.6 Å². The average Bonchev–Trinajstić information content (AvgIpc) is 2.90. The van der Waals surface area contributed by atoms with Crippen molar-refractivity contribution in [2.75, 3.05) is 0 Å². The Morgan fingerprint density at radius 3 is 2.03 bits per heavy atom. The summed E-state index contributed by atoms with van der Waals surface area (Å²) in [6.45, 7) is 6.01. The third kappa shape index (κ3) is 6.70. The van der Waals surface area contributed by atoms with Gasteiger partial charge in [-0.25, -0.2) is 0 Å². The third-order valence-electron chi connectivity index (χ3n) is 6.49. The normalized spacial score (nSPS) is 13.6. The largest absolute Gasteiger partial charge is 0.305 e. The Balaban J connectivity index is 1.98. The molecule has 0 aliphatic rings. The topological polar surface area (TPSA) is 83.4 Å². The van der Waals surface area contributed by atoms with Crippen molar-refractivity contribution in [3.8, 4) is 18.2 Å². The number of hydrogen-bond donors (Lipinski definition) is 1. The van der Waals surface area contributed by atoms with Crippen LogP contribution in [0.25, 0.3) is 0 Å². The third-order valence-corrected chi connectivity index (χ3v) is 7.37. The molecule has 35 heavy (non-hydrogen) atoms. The summed E-state index contributed by atoms with van der Waals surface area (Å²) in [6.07, 6.45) is 0.803. The first-order valence-corrected chi connectivity index (χ1v) is 13.1. The van der Waals surface area contributed by atoms with Crippen LogP contribution in [-0.2, 0) is 10.8 Å². The lowest BCUT2D eigenvalue weighted by atomic mass is 9.79. The van der Waals surface area contributed by atoms with Gasteiger partial charge in [-0.15, -0.1) is 0 Å². The molecular formula is C30H29IN4. The van der Waals surface area contributed by atoms with Crippen LogP contribution in [0, 0.1) is 39.4 Å². The van der Waals surface area contributed by atoms with Gasteiger partial charge in [0.2, 0.25) is 0 Å². The number of alkyl halides is 1. The molecule has 0 amide bonds. The maximum atomic E-state index is 9.97. The lowest BCUT2D eigenvalue weighted by Crippen LogP contribution is -2.42. The fourth-order valence-corrected chi connectivity index (χ4v) is 4.86. The molecule has 3 rings (SSSR count). The zero-order valence-corrected chi connectivity index (χ0v) is 22.5. The number of halogens is 1. The molecule has 0 bridgehead atoms. The van der Waals surface area contributed by atoms with Crippen molar-refractivity contribution in [1.29, 1.82) is 15.8 Å². The van der Waals surface area contributed by atoms with Gasteiger partial charge in [0.25, 0.3) is 0 Å². The summed E-state index contributed by atoms with van der Waals surface area (Å²) in [5.74, 6) is 0.0872. The first-order valence-electron chi connectivity index (χ1n) is 11.6. The highest BCUT2D eigenvalue weighted by Gasteiger charge is 2.34. The molecule has 3 aromatic carbocycles. The van der Waals surface area contributed by atoms with Gasteiger partial charge in [0, 0.05) is 16.4 Å². The number of nitrogens with one attached hydrogen (secondary N) is 1. The molecule has 0 aliphatic heterocycles. The van der Waals surface area contributed by atoms with E-state index in [-0.39, 0.29) is 18.0 Å². The Morgan fingerprint density at radius 2 is 1.46 bits per heavy atom. The summed E-state index contributed by atoms with van der Waals surface area (Å²) < 4.78 is 0.971. The molecule has 0 heterocycles. The summed E-state index contributed by atoms with van der Waals surface area (Å²) in [5, 5.41) is 32.4. The van der Waals surface area contributed by atoms with Crippen molar-refractivity contribution in [2.24, 2.45) is 5.41 Å². The number of hydrogen-bond acceptors (Lipinski definition) is 4. The van der Waals surface area contributed by atoms with E-state index in [9.17, 15) is 15.8 Å². The Kier molecular flexibility index (Phi) is 9.05. The van der Waals surface area contributed by atoms with Crippen LogP contribution >= 0.6 is 22.6 Å². The monoisotopic (exact) mass is 572 g/mol. The van der Waals surface area contributed by atoms with Gasteiger partial charge in [0.05, 0.1) is 40.8 Å². The summed E-state index contributed by atoms with van der Waals surface area (Å²) >= 11 is 2.37. The van der Waals surface area contributed by atoms with Crippen molar-refractivity contribution in [1.82, 2.24) is 5.32 Å². The van der Waals surface area contributed by atoms with Crippen LogP contribution in [-0.4, -0.2) is 6.04 Å². The van der Waals surface area contributed by atoms with E-state index in [1.165, 1.54) is 11.1 Å². The second kappa shape index (κ2) is 12.0. The zero-order valence-electron chi connectivity index (χ0n) is 20.3. The quantitative estimate of drug-likeness (QED) is 0.222. The first-order chi connectivity index (χ1) is 16.8. The van der Waals surface area contributed by atoms with E-state index < -0.39 is 5.41 Å². The number of benzene rings is 3. The fourth-order valence-electron chi connectivity index (χ4n) is 4.36. The Labute approximate surface area is 222 Å². The minimum atomic E-state index is -0.677. The Morgan fingerprint density at radius 1 is 0.829 bits per heavy atom. The standard InChI is InChI=1S/C30H29IN4/c1-21(35-29(30(2,3)20-34)26-13-11-24(18-32)12-14-26)28(27-6-4-5-25(15-27)19-33)16-22-7-9-23(17-31)10-8-22/h4-15,21,28-29,35H,16-17H2,1-3H3/t21-,28+,29?/m0/s1. The van der Waals surface area contributed by atoms with E-state index in [2.05, 4.69) is 83.4 Å². The molecule has 3 aromatic rings. The van der Waals surface area contributed by atoms with Crippen LogP contribution in [0.5, 0.6) is 0 Å². The number of nitrogens with zero attached hydrogens (tertiary/aromatic N) is 3. The van der Waals surface area contributed by atoms with Crippen LogP contribution in [0.3, 0.4) is 0 Å². The van der Waals surface area contributed by atoms with Crippen LogP contribution in [0.4, 0.5) is 0 Å². The molecule has 1 N–H and O–H groups in total. The van der Waals surface area contributed by atoms with Gasteiger partial charge in [-0.2, -0.15) is 15.8 Å². The van der Waals surface area contributed by atoms with Crippen LogP contribution in [0.15, 0.2) is 72.8 Å². The predicted octanol–water partition coefficient (Wildman–Crippen LogP) is 6.96. The van der Waals surface area contributed by atoms with Gasteiger partial charge < -0.3 is 5.32 Å². The van der Waals surface area contributed by atoms with Gasteiger partial charge >= 0.3 is 0 Å². The predicted molar refractivity (Wildman–Crippen MR) is 148 cm³/mol. The summed E-state index contributed by atoms with van der Waals surface area (Å²) in [6, 6.07) is 30.6. The van der Waals surface area contributed by atoms with E-state index in [0.29, 0.717) is 11.1 Å². The minimum Gasteiger partial charge on any atom is -0.305 e. The molecule has 1 unspecified atom stereocenters. The summed E-state index contributed by atoms with van der Waals surface area (Å²) in [5.41, 5.74) is 5.14. The number of rotatable bonds is 9. The van der Waals surface area contributed by atoms with Crippen molar-refractivity contribution in [3.05, 3.63) is 106 Å². The molecule has 0 fully saturated rings. The Hall–Kier alpha value is -3.18. The van der Waals surface area contributed by atoms with Crippen molar-refractivity contribution in [2.45, 2.75) is 49.6 Å². The number of nitriles is 3. The highest BCUT2D eigenvalue weighted by atomic mass is 127. The fraction of sp³-hybridized carbons (Fsp3) is 0.300. The van der Waals surface area contributed by atoms with E-state index in [0.717, 1.165) is 22.0 Å². The minimum absolute atomic E-state index is 0.00135. The van der Waals surface area contributed by atoms with Crippen LogP contribution in [0.1, 0.15) is 66.1 Å². The van der Waals surface area contributed by atoms with Gasteiger partial charge in [0.1, 0.15) is 0 Å². The molecule has 5 heteroatoms. The molecule has 0 spiro atoms. The lowest BCUT2D eigenvalue weighted by Gasteiger charge is -2.35. The summed E-state index contributed by atoms with van der Waals surface area (Å²) in [7, 11) is 0. The van der Waals surface area contributed by atoms with Crippen LogP contribution in [0.2, 0.25) is 0 Å². The average molecular weight is 572 g/mol. The molecule has 0 aliphatic carbocycles. The molecular weight excluding hydrogens is 543 g/mol. The molecule has 4 nitrogen and oxygen atoms in total. The van der Waals surface area contributed by atoms with Gasteiger partial charge in [-0.3, -0.25) is 0 Å². The highest BCUT2D eigenvalue weighted by molar-refractivity contribution is 14.1. The highest BCUT2D eigenvalue weighted by Crippen LogP contribution is 2.36. The maximum Gasteiger partial charge on any atom is 0.0991 e. The second-order valence-electron chi connectivity index (χ2n) is 9.45. The zero-order chi connectivity index (χ0) is 25.4. The maximum absolute atomic E-state index is 9.97. The van der Waals surface area contributed by atoms with Crippen molar-refractivity contribution in [3.63, 3.8) is 0 Å². The van der Waals surface area contributed by atoms with E-state index >= 15 is 0 Å². The van der Waals surface area contributed by atoms with E-state index in [1.54, 1.807) is 12.1 Å². The van der Waals surface area contributed by atoms with E-state index in [1.807, 2.05) is 44.2 Å². The second-order valence-corrected chi connectivity index (χ2v) is 10.2. The van der Waals surface area contributed by atoms with Crippen molar-refractivity contribution < 1.29 is 0 Å². The molecule has 0 saturated carbocycles. The van der Waals surface area contributed by atoms with Gasteiger partial charge in [-0.1, -0.05) is 71.1 Å². The molecule has 0 radical (unpaired) electrons. The smallest absolute Gasteiger partial charge is 0.0991 e. The SMILES string of the molecule is C[C@H](NC(c1ccc(C#N)cc1)C(C)(C)C#N)[C@@H](Cc1ccc(CI)cc1)c1cccc(C#N)c1. The lowest BCUT2D eigenvalue weighted by molar-refractivity contribution is 0.281. The van der Waals surface area contributed by atoms with E-state index in [4.69, 9.17) is 0 Å². The Bertz CT molecular complexity index is 1260. The van der Waals surface area contributed by atoms with Crippen LogP contribution < -0.4 is 5.32 Å².